The molecule has 0 bridgehead atoms. The van der Waals surface area contributed by atoms with Crippen molar-refractivity contribution in [3.63, 3.8) is 0 Å². The summed E-state index contributed by atoms with van der Waals surface area (Å²) >= 11 is 0. The summed E-state index contributed by atoms with van der Waals surface area (Å²) in [4.78, 5) is 0. The number of hydrogen-bond acceptors (Lipinski definition) is 0. The first-order valence-electron chi connectivity index (χ1n) is 13.2. The first-order valence-corrected chi connectivity index (χ1v) is 13.2. The molecule has 0 aromatic heterocycles. The SMILES string of the molecule is CCc1c2ccccc2c(Cc2cccc3c2[C@@H]2C(C3)[C@@H]3[C@H](C)[C@H](C)C[C@@H]32)c2ccccc12. The fourth-order valence-corrected chi connectivity index (χ4v) is 8.52. The number of aryl methyl sites for hydroxylation is 1. The molecule has 0 nitrogen and oxygen atoms in total. The first-order chi connectivity index (χ1) is 16.2. The highest BCUT2D eigenvalue weighted by atomic mass is 14.6. The topological polar surface area (TPSA) is 0 Å². The maximum atomic E-state index is 2.53. The molecule has 0 amide bonds. The molecule has 1 unspecified atom stereocenters. The Kier molecular flexibility index (Phi) is 4.33. The maximum absolute atomic E-state index is 2.53. The summed E-state index contributed by atoms with van der Waals surface area (Å²) in [5.74, 6) is 5.43. The van der Waals surface area contributed by atoms with Crippen molar-refractivity contribution in [1.29, 1.82) is 0 Å². The minimum absolute atomic E-state index is 0.820. The third-order valence-electron chi connectivity index (χ3n) is 10.0. The largest absolute Gasteiger partial charge is 0.0622 e. The van der Waals surface area contributed by atoms with Gasteiger partial charge in [-0.05, 0) is 111 Å². The summed E-state index contributed by atoms with van der Waals surface area (Å²) in [5.41, 5.74) is 8.04. The minimum Gasteiger partial charge on any atom is -0.0622 e. The van der Waals surface area contributed by atoms with Gasteiger partial charge in [0.05, 0.1) is 0 Å². The number of fused-ring (bicyclic) bond motifs is 8. The number of benzene rings is 4. The molecule has 3 aliphatic rings. The molecule has 166 valence electrons. The van der Waals surface area contributed by atoms with Crippen molar-refractivity contribution in [1.82, 2.24) is 0 Å². The average molecular weight is 431 g/mol. The van der Waals surface area contributed by atoms with Crippen molar-refractivity contribution < 1.29 is 0 Å². The molecule has 4 aromatic rings. The van der Waals surface area contributed by atoms with E-state index < -0.39 is 0 Å². The van der Waals surface area contributed by atoms with E-state index in [0.717, 1.165) is 48.3 Å². The minimum atomic E-state index is 0.820. The molecule has 7 rings (SSSR count). The van der Waals surface area contributed by atoms with Gasteiger partial charge in [-0.25, -0.2) is 0 Å². The van der Waals surface area contributed by atoms with E-state index in [2.05, 4.69) is 87.5 Å². The molecule has 3 aliphatic carbocycles. The van der Waals surface area contributed by atoms with Crippen molar-refractivity contribution in [2.45, 2.75) is 52.4 Å². The average Bonchev–Trinajstić information content (AvgIpc) is 3.29. The van der Waals surface area contributed by atoms with Crippen LogP contribution < -0.4 is 0 Å². The van der Waals surface area contributed by atoms with Crippen LogP contribution in [0.5, 0.6) is 0 Å². The third-order valence-corrected chi connectivity index (χ3v) is 10.0. The smallest absolute Gasteiger partial charge is 0.00105 e. The highest BCUT2D eigenvalue weighted by Gasteiger charge is 2.60. The molecular weight excluding hydrogens is 396 g/mol. The zero-order chi connectivity index (χ0) is 22.3. The Hall–Kier alpha value is -2.60. The van der Waals surface area contributed by atoms with E-state index >= 15 is 0 Å². The lowest BCUT2D eigenvalue weighted by atomic mass is 9.56. The third kappa shape index (κ3) is 2.64. The lowest BCUT2D eigenvalue weighted by Crippen LogP contribution is -2.42. The summed E-state index contributed by atoms with van der Waals surface area (Å²) in [6, 6.07) is 25.5. The van der Waals surface area contributed by atoms with E-state index in [4.69, 9.17) is 0 Å². The van der Waals surface area contributed by atoms with Gasteiger partial charge in [0.15, 0.2) is 0 Å². The standard InChI is InChI=1S/C33H34/c1-4-23-24-12-5-7-14-26(24)28(27-15-8-6-13-25(23)27)17-21-10-9-11-22-18-30-31-20(3)19(2)16-29(31)33(30)32(21)22/h5-15,19-20,29-31,33H,4,16-18H2,1-3H3/t19-,20-,29+,30?,31-,33+/m1/s1. The van der Waals surface area contributed by atoms with Crippen molar-refractivity contribution in [2.75, 3.05) is 0 Å². The predicted molar refractivity (Wildman–Crippen MR) is 140 cm³/mol. The van der Waals surface area contributed by atoms with Crippen molar-refractivity contribution >= 4 is 21.5 Å². The van der Waals surface area contributed by atoms with Crippen molar-refractivity contribution in [3.05, 3.63) is 94.5 Å². The van der Waals surface area contributed by atoms with E-state index in [1.807, 2.05) is 0 Å². The van der Waals surface area contributed by atoms with Crippen LogP contribution in [0.2, 0.25) is 0 Å². The summed E-state index contributed by atoms with van der Waals surface area (Å²) < 4.78 is 0. The van der Waals surface area contributed by atoms with Crippen LogP contribution in [-0.4, -0.2) is 0 Å². The molecule has 0 aliphatic heterocycles. The molecular formula is C33H34. The number of hydrogen-bond donors (Lipinski definition) is 0. The second-order valence-corrected chi connectivity index (χ2v) is 11.3. The van der Waals surface area contributed by atoms with E-state index in [-0.39, 0.29) is 0 Å². The van der Waals surface area contributed by atoms with Gasteiger partial charge < -0.3 is 0 Å². The molecule has 0 heterocycles. The van der Waals surface area contributed by atoms with Crippen molar-refractivity contribution in [3.8, 4) is 0 Å². The van der Waals surface area contributed by atoms with Gasteiger partial charge in [0.2, 0.25) is 0 Å². The molecule has 2 fully saturated rings. The van der Waals surface area contributed by atoms with Crippen LogP contribution in [0, 0.1) is 29.6 Å². The van der Waals surface area contributed by atoms with Crippen molar-refractivity contribution in [2.24, 2.45) is 29.6 Å². The Morgan fingerprint density at radius 1 is 0.727 bits per heavy atom. The molecule has 0 radical (unpaired) electrons. The van der Waals surface area contributed by atoms with E-state index in [0.29, 0.717) is 0 Å². The Balaban J connectivity index is 1.39. The molecule has 2 saturated carbocycles. The lowest BCUT2D eigenvalue weighted by Gasteiger charge is -2.48. The van der Waals surface area contributed by atoms with E-state index in [1.165, 1.54) is 45.5 Å². The van der Waals surface area contributed by atoms with Gasteiger partial charge in [0.25, 0.3) is 0 Å². The molecule has 0 heteroatoms. The van der Waals surface area contributed by atoms with Crippen LogP contribution in [0.4, 0.5) is 0 Å². The fraction of sp³-hybridized carbons (Fsp3) is 0.394. The highest BCUT2D eigenvalue weighted by Crippen LogP contribution is 2.68. The maximum Gasteiger partial charge on any atom is -0.00105 e. The van der Waals surface area contributed by atoms with Crippen LogP contribution >= 0.6 is 0 Å². The normalized spacial score (nSPS) is 29.7. The molecule has 33 heavy (non-hydrogen) atoms. The molecule has 6 atom stereocenters. The van der Waals surface area contributed by atoms with Gasteiger partial charge in [0.1, 0.15) is 0 Å². The summed E-state index contributed by atoms with van der Waals surface area (Å²) in [6.07, 6.45) is 4.89. The van der Waals surface area contributed by atoms with Gasteiger partial charge in [-0.3, -0.25) is 0 Å². The van der Waals surface area contributed by atoms with E-state index in [9.17, 15) is 0 Å². The van der Waals surface area contributed by atoms with E-state index in [1.54, 1.807) is 16.7 Å². The molecule has 0 N–H and O–H groups in total. The summed E-state index contributed by atoms with van der Waals surface area (Å²) in [5, 5.41) is 5.80. The second kappa shape index (κ2) is 7.20. The molecule has 0 saturated heterocycles. The highest BCUT2D eigenvalue weighted by molar-refractivity contribution is 6.06. The van der Waals surface area contributed by atoms with Gasteiger partial charge in [-0.1, -0.05) is 87.5 Å². The van der Waals surface area contributed by atoms with Crippen LogP contribution in [-0.2, 0) is 19.3 Å². The molecule has 0 spiro atoms. The first kappa shape index (κ1) is 19.8. The number of rotatable bonds is 3. The predicted octanol–water partition coefficient (Wildman–Crippen LogP) is 8.32. The quantitative estimate of drug-likeness (QED) is 0.287. The summed E-state index contributed by atoms with van der Waals surface area (Å²) in [7, 11) is 0. The van der Waals surface area contributed by atoms with Gasteiger partial charge in [0, 0.05) is 0 Å². The van der Waals surface area contributed by atoms with Gasteiger partial charge in [-0.2, -0.15) is 0 Å². The van der Waals surface area contributed by atoms with Crippen LogP contribution in [0.25, 0.3) is 21.5 Å². The van der Waals surface area contributed by atoms with Crippen LogP contribution in [0.1, 0.15) is 60.9 Å². The van der Waals surface area contributed by atoms with Crippen LogP contribution in [0.15, 0.2) is 66.7 Å². The van der Waals surface area contributed by atoms with Gasteiger partial charge >= 0.3 is 0 Å². The Morgan fingerprint density at radius 2 is 1.36 bits per heavy atom. The molecule has 4 aromatic carbocycles. The summed E-state index contributed by atoms with van der Waals surface area (Å²) in [6.45, 7) is 7.33. The second-order valence-electron chi connectivity index (χ2n) is 11.3. The Labute approximate surface area is 198 Å². The van der Waals surface area contributed by atoms with Crippen LogP contribution in [0.3, 0.4) is 0 Å². The lowest BCUT2D eigenvalue weighted by molar-refractivity contribution is 0.0479. The zero-order valence-electron chi connectivity index (χ0n) is 20.1. The monoisotopic (exact) mass is 430 g/mol. The zero-order valence-corrected chi connectivity index (χ0v) is 20.1. The van der Waals surface area contributed by atoms with Gasteiger partial charge in [-0.15, -0.1) is 0 Å². The fourth-order valence-electron chi connectivity index (χ4n) is 8.52. The Bertz CT molecular complexity index is 1330. The Morgan fingerprint density at radius 3 is 2.00 bits per heavy atom.